The van der Waals surface area contributed by atoms with Gasteiger partial charge < -0.3 is 24.5 Å². The molecule has 40 heavy (non-hydrogen) atoms. The van der Waals surface area contributed by atoms with Crippen molar-refractivity contribution in [3.63, 3.8) is 0 Å². The minimum atomic E-state index is -0.461. The molecule has 3 heterocycles. The summed E-state index contributed by atoms with van der Waals surface area (Å²) < 4.78 is 17.8. The molecular formula is C31H36N4O5. The van der Waals surface area contributed by atoms with Gasteiger partial charge in [-0.2, -0.15) is 0 Å². The topological polar surface area (TPSA) is 107 Å². The molecule has 9 nitrogen and oxygen atoms in total. The number of benzene rings is 2. The maximum absolute atomic E-state index is 13.8. The van der Waals surface area contributed by atoms with Gasteiger partial charge in [-0.1, -0.05) is 37.6 Å². The minimum absolute atomic E-state index is 0.0924. The van der Waals surface area contributed by atoms with Gasteiger partial charge in [0.15, 0.2) is 11.5 Å². The fourth-order valence-corrected chi connectivity index (χ4v) is 5.17. The van der Waals surface area contributed by atoms with E-state index in [1.54, 1.807) is 6.92 Å². The van der Waals surface area contributed by atoms with E-state index in [0.717, 1.165) is 52.8 Å². The van der Waals surface area contributed by atoms with Gasteiger partial charge in [0.1, 0.15) is 5.82 Å². The molecule has 4 aromatic rings. The summed E-state index contributed by atoms with van der Waals surface area (Å²) in [5, 5.41) is 4.17. The van der Waals surface area contributed by atoms with Crippen molar-refractivity contribution < 1.29 is 23.8 Å². The van der Waals surface area contributed by atoms with Gasteiger partial charge in [-0.3, -0.25) is 9.36 Å². The number of nitrogens with one attached hydrogen (secondary N) is 2. The third-order valence-electron chi connectivity index (χ3n) is 7.16. The summed E-state index contributed by atoms with van der Waals surface area (Å²) in [6.07, 6.45) is 7.28. The molecule has 2 aromatic heterocycles. The highest BCUT2D eigenvalue weighted by Crippen LogP contribution is 2.35. The lowest BCUT2D eigenvalue weighted by Crippen LogP contribution is -2.38. The molecule has 2 atom stereocenters. The zero-order valence-corrected chi connectivity index (χ0v) is 23.2. The Bertz CT molecular complexity index is 1490. The predicted octanol–water partition coefficient (Wildman–Crippen LogP) is 5.51. The van der Waals surface area contributed by atoms with Crippen LogP contribution in [0.5, 0.6) is 11.5 Å². The lowest BCUT2D eigenvalue weighted by Gasteiger charge is -2.21. The van der Waals surface area contributed by atoms with Crippen molar-refractivity contribution in [3.05, 3.63) is 77.5 Å². The highest BCUT2D eigenvalue weighted by molar-refractivity contribution is 5.92. The standard InChI is InChI=1S/C31H36N4O5/c1-4-6-11-29-32-17-23(34-29)16-25(21-12-13-27-28(15-21)40-19-39-27)30(36)33-20(3)14-22-18-35(31(37)38-5-2)26-10-8-7-9-24(22)26/h7-10,12-13,15,17-18,20,25H,4-6,11,14,16,19H2,1-3H3,(H,32,34)(H,33,36)/t20-,25?/m1/s1. The second-order valence-corrected chi connectivity index (χ2v) is 10.2. The van der Waals surface area contributed by atoms with Crippen LogP contribution in [0.4, 0.5) is 4.79 Å². The molecule has 2 aromatic carbocycles. The summed E-state index contributed by atoms with van der Waals surface area (Å²) in [6.45, 7) is 6.38. The lowest BCUT2D eigenvalue weighted by atomic mass is 9.92. The van der Waals surface area contributed by atoms with Crippen LogP contribution in [0.25, 0.3) is 10.9 Å². The second-order valence-electron chi connectivity index (χ2n) is 10.2. The van der Waals surface area contributed by atoms with E-state index < -0.39 is 12.0 Å². The molecule has 0 radical (unpaired) electrons. The lowest BCUT2D eigenvalue weighted by molar-refractivity contribution is -0.123. The molecule has 1 amide bonds. The molecule has 210 valence electrons. The van der Waals surface area contributed by atoms with Crippen molar-refractivity contribution in [1.82, 2.24) is 19.9 Å². The summed E-state index contributed by atoms with van der Waals surface area (Å²) >= 11 is 0. The third kappa shape index (κ3) is 5.98. The van der Waals surface area contributed by atoms with E-state index in [4.69, 9.17) is 14.2 Å². The number of carbonyl (C=O) groups excluding carboxylic acids is 2. The molecule has 1 aliphatic rings. The average molecular weight is 545 g/mol. The normalized spacial score (nSPS) is 13.8. The SMILES string of the molecule is CCCCc1ncc(CC(C(=O)N[C@H](C)Cc2cn(C(=O)OCC)c3ccccc23)c2ccc3c(c2)OCO3)[nH]1. The maximum Gasteiger partial charge on any atom is 0.418 e. The van der Waals surface area contributed by atoms with E-state index in [1.165, 1.54) is 4.57 Å². The number of hydrogen-bond donors (Lipinski definition) is 2. The first-order chi connectivity index (χ1) is 19.5. The molecule has 2 N–H and O–H groups in total. The van der Waals surface area contributed by atoms with E-state index >= 15 is 0 Å². The number of ether oxygens (including phenoxy) is 3. The highest BCUT2D eigenvalue weighted by atomic mass is 16.7. The van der Waals surface area contributed by atoms with Crippen LogP contribution >= 0.6 is 0 Å². The Morgan fingerprint density at radius 3 is 2.77 bits per heavy atom. The average Bonchev–Trinajstić information content (AvgIpc) is 3.69. The summed E-state index contributed by atoms with van der Waals surface area (Å²) in [4.78, 5) is 34.3. The van der Waals surface area contributed by atoms with Crippen LogP contribution in [0, 0.1) is 0 Å². The Labute approximate surface area is 233 Å². The van der Waals surface area contributed by atoms with Crippen LogP contribution in [0.15, 0.2) is 54.9 Å². The van der Waals surface area contributed by atoms with E-state index in [9.17, 15) is 9.59 Å². The van der Waals surface area contributed by atoms with Crippen LogP contribution in [0.1, 0.15) is 62.2 Å². The van der Waals surface area contributed by atoms with Crippen LogP contribution in [0.3, 0.4) is 0 Å². The number of rotatable bonds is 11. The van der Waals surface area contributed by atoms with Crippen molar-refractivity contribution >= 4 is 22.9 Å². The number of amides is 1. The molecule has 0 aliphatic carbocycles. The van der Waals surface area contributed by atoms with Gasteiger partial charge >= 0.3 is 6.09 Å². The highest BCUT2D eigenvalue weighted by Gasteiger charge is 2.26. The smallest absolute Gasteiger partial charge is 0.418 e. The number of nitrogens with zero attached hydrogens (tertiary/aromatic N) is 2. The summed E-state index contributed by atoms with van der Waals surface area (Å²) in [6, 6.07) is 13.2. The van der Waals surface area contributed by atoms with Gasteiger partial charge in [0, 0.05) is 42.4 Å². The van der Waals surface area contributed by atoms with Gasteiger partial charge in [0.2, 0.25) is 12.7 Å². The number of carbonyl (C=O) groups is 2. The molecule has 1 aliphatic heterocycles. The molecule has 0 saturated carbocycles. The molecule has 5 rings (SSSR count). The largest absolute Gasteiger partial charge is 0.454 e. The van der Waals surface area contributed by atoms with E-state index in [0.29, 0.717) is 30.9 Å². The van der Waals surface area contributed by atoms with E-state index in [1.807, 2.05) is 61.8 Å². The summed E-state index contributed by atoms with van der Waals surface area (Å²) in [7, 11) is 0. The predicted molar refractivity (Wildman–Crippen MR) is 152 cm³/mol. The van der Waals surface area contributed by atoms with Crippen LogP contribution in [-0.2, 0) is 28.8 Å². The van der Waals surface area contributed by atoms with Crippen molar-refractivity contribution in [2.75, 3.05) is 13.4 Å². The fraction of sp³-hybridized carbons (Fsp3) is 0.387. The minimum Gasteiger partial charge on any atom is -0.454 e. The number of para-hydroxylation sites is 1. The van der Waals surface area contributed by atoms with Crippen molar-refractivity contribution in [2.45, 2.75) is 64.8 Å². The van der Waals surface area contributed by atoms with Crippen LogP contribution in [-0.4, -0.2) is 46.0 Å². The number of aromatic amines is 1. The molecule has 0 fully saturated rings. The second kappa shape index (κ2) is 12.3. The Balaban J connectivity index is 1.36. The van der Waals surface area contributed by atoms with Crippen molar-refractivity contribution in [1.29, 1.82) is 0 Å². The molecule has 1 unspecified atom stereocenters. The third-order valence-corrected chi connectivity index (χ3v) is 7.16. The summed E-state index contributed by atoms with van der Waals surface area (Å²) in [5.41, 5.74) is 3.50. The number of imidazole rings is 1. The number of aromatic nitrogens is 3. The van der Waals surface area contributed by atoms with Crippen molar-refractivity contribution in [2.24, 2.45) is 0 Å². The maximum atomic E-state index is 13.8. The zero-order valence-electron chi connectivity index (χ0n) is 23.2. The van der Waals surface area contributed by atoms with E-state index in [2.05, 4.69) is 22.2 Å². The first-order valence-electron chi connectivity index (χ1n) is 14.0. The first-order valence-corrected chi connectivity index (χ1v) is 14.0. The number of unbranched alkanes of at least 4 members (excludes halogenated alkanes) is 1. The number of hydrogen-bond acceptors (Lipinski definition) is 6. The van der Waals surface area contributed by atoms with Gasteiger partial charge in [-0.05, 0) is 56.0 Å². The van der Waals surface area contributed by atoms with Crippen LogP contribution < -0.4 is 14.8 Å². The Morgan fingerprint density at radius 1 is 1.12 bits per heavy atom. The fourth-order valence-electron chi connectivity index (χ4n) is 5.17. The zero-order chi connectivity index (χ0) is 28.1. The van der Waals surface area contributed by atoms with E-state index in [-0.39, 0.29) is 18.7 Å². The molecule has 0 spiro atoms. The molecule has 9 heteroatoms. The Kier molecular flexibility index (Phi) is 8.38. The van der Waals surface area contributed by atoms with Gasteiger partial charge in [-0.25, -0.2) is 9.78 Å². The number of H-pyrrole nitrogens is 1. The number of fused-ring (bicyclic) bond motifs is 2. The van der Waals surface area contributed by atoms with Crippen LogP contribution in [0.2, 0.25) is 0 Å². The Morgan fingerprint density at radius 2 is 1.95 bits per heavy atom. The van der Waals surface area contributed by atoms with Gasteiger partial charge in [0.25, 0.3) is 0 Å². The monoisotopic (exact) mass is 544 g/mol. The molecule has 0 bridgehead atoms. The summed E-state index contributed by atoms with van der Waals surface area (Å²) in [5.74, 6) is 1.71. The first kappa shape index (κ1) is 27.3. The van der Waals surface area contributed by atoms with Gasteiger partial charge in [0.05, 0.1) is 18.0 Å². The molecular weight excluding hydrogens is 508 g/mol. The van der Waals surface area contributed by atoms with Crippen molar-refractivity contribution in [3.8, 4) is 11.5 Å². The molecule has 0 saturated heterocycles. The van der Waals surface area contributed by atoms with Gasteiger partial charge in [-0.15, -0.1) is 0 Å². The number of aryl methyl sites for hydroxylation is 1. The quantitative estimate of drug-likeness (QED) is 0.258. The Hall–Kier alpha value is -4.27.